The van der Waals surface area contributed by atoms with Crippen LogP contribution in [0.1, 0.15) is 24.1 Å². The van der Waals surface area contributed by atoms with Gasteiger partial charge in [-0.2, -0.15) is 0 Å². The number of nitrogens with zero attached hydrogens (tertiary/aromatic N) is 1. The van der Waals surface area contributed by atoms with Gasteiger partial charge in [0, 0.05) is 35.6 Å². The second-order valence-corrected chi connectivity index (χ2v) is 4.72. The van der Waals surface area contributed by atoms with Gasteiger partial charge < -0.3 is 10.1 Å². The van der Waals surface area contributed by atoms with Crippen LogP contribution in [0.25, 0.3) is 0 Å². The average molecular weight is 277 g/mol. The number of halogens is 1. The number of aromatic nitrogens is 1. The number of hydrogen-bond donors (Lipinski definition) is 1. The van der Waals surface area contributed by atoms with E-state index in [1.54, 1.807) is 13.3 Å². The SMILES string of the molecule is COc1cccc(Cl)c1CN[C@H](C)c1cccnc1. The lowest BCUT2D eigenvalue weighted by Crippen LogP contribution is -2.18. The van der Waals surface area contributed by atoms with Crippen LogP contribution in [-0.4, -0.2) is 12.1 Å². The van der Waals surface area contributed by atoms with E-state index in [1.165, 1.54) is 0 Å². The van der Waals surface area contributed by atoms with E-state index in [0.717, 1.165) is 16.9 Å². The van der Waals surface area contributed by atoms with Gasteiger partial charge in [-0.15, -0.1) is 0 Å². The summed E-state index contributed by atoms with van der Waals surface area (Å²) in [7, 11) is 1.65. The smallest absolute Gasteiger partial charge is 0.124 e. The summed E-state index contributed by atoms with van der Waals surface area (Å²) in [6, 6.07) is 9.86. The molecule has 0 aliphatic heterocycles. The van der Waals surface area contributed by atoms with E-state index in [-0.39, 0.29) is 6.04 Å². The van der Waals surface area contributed by atoms with E-state index >= 15 is 0 Å². The average Bonchev–Trinajstić information content (AvgIpc) is 2.46. The minimum absolute atomic E-state index is 0.203. The van der Waals surface area contributed by atoms with E-state index in [0.29, 0.717) is 11.6 Å². The lowest BCUT2D eigenvalue weighted by molar-refractivity contribution is 0.406. The molecule has 0 bridgehead atoms. The Bertz CT molecular complexity index is 531. The van der Waals surface area contributed by atoms with Crippen molar-refractivity contribution in [1.82, 2.24) is 10.3 Å². The Kier molecular flexibility index (Phi) is 4.77. The highest BCUT2D eigenvalue weighted by molar-refractivity contribution is 6.31. The lowest BCUT2D eigenvalue weighted by Gasteiger charge is -2.16. The number of nitrogens with one attached hydrogen (secondary N) is 1. The van der Waals surface area contributed by atoms with Crippen molar-refractivity contribution in [3.05, 3.63) is 58.9 Å². The molecule has 19 heavy (non-hydrogen) atoms. The second kappa shape index (κ2) is 6.55. The van der Waals surface area contributed by atoms with Gasteiger partial charge in [0.05, 0.1) is 7.11 Å². The lowest BCUT2D eigenvalue weighted by atomic mass is 10.1. The molecule has 1 heterocycles. The molecule has 2 rings (SSSR count). The zero-order valence-electron chi connectivity index (χ0n) is 11.1. The van der Waals surface area contributed by atoms with Gasteiger partial charge >= 0.3 is 0 Å². The molecule has 1 aromatic carbocycles. The van der Waals surface area contributed by atoms with E-state index in [9.17, 15) is 0 Å². The first kappa shape index (κ1) is 13.8. The van der Waals surface area contributed by atoms with E-state index in [2.05, 4.69) is 23.3 Å². The van der Waals surface area contributed by atoms with E-state index in [4.69, 9.17) is 16.3 Å². The summed E-state index contributed by atoms with van der Waals surface area (Å²) in [5.41, 5.74) is 2.12. The minimum atomic E-state index is 0.203. The molecular formula is C15H17ClN2O. The van der Waals surface area contributed by atoms with Crippen molar-refractivity contribution in [1.29, 1.82) is 0 Å². The summed E-state index contributed by atoms with van der Waals surface area (Å²) < 4.78 is 5.33. The molecule has 0 aliphatic carbocycles. The molecule has 0 unspecified atom stereocenters. The second-order valence-electron chi connectivity index (χ2n) is 4.31. The van der Waals surface area contributed by atoms with Crippen molar-refractivity contribution in [2.24, 2.45) is 0 Å². The van der Waals surface area contributed by atoms with Crippen LogP contribution in [0.2, 0.25) is 5.02 Å². The first-order valence-corrected chi connectivity index (χ1v) is 6.55. The highest BCUT2D eigenvalue weighted by Gasteiger charge is 2.10. The predicted octanol–water partition coefficient (Wildman–Crippen LogP) is 3.59. The number of rotatable bonds is 5. The van der Waals surface area contributed by atoms with Crippen LogP contribution in [0.4, 0.5) is 0 Å². The molecule has 0 aliphatic rings. The van der Waals surface area contributed by atoms with Crippen LogP contribution in [0, 0.1) is 0 Å². The van der Waals surface area contributed by atoms with Crippen molar-refractivity contribution < 1.29 is 4.74 Å². The number of pyridine rings is 1. The molecule has 4 heteroatoms. The summed E-state index contributed by atoms with van der Waals surface area (Å²) in [6.07, 6.45) is 3.63. The third-order valence-electron chi connectivity index (χ3n) is 3.07. The van der Waals surface area contributed by atoms with Crippen molar-refractivity contribution in [2.75, 3.05) is 7.11 Å². The molecular weight excluding hydrogens is 260 g/mol. The molecule has 0 spiro atoms. The highest BCUT2D eigenvalue weighted by Crippen LogP contribution is 2.26. The molecule has 3 nitrogen and oxygen atoms in total. The Hall–Kier alpha value is -1.58. The van der Waals surface area contributed by atoms with Gasteiger partial charge in [0.25, 0.3) is 0 Å². The highest BCUT2D eigenvalue weighted by atomic mass is 35.5. The molecule has 2 aromatic rings. The maximum atomic E-state index is 6.21. The zero-order chi connectivity index (χ0) is 13.7. The topological polar surface area (TPSA) is 34.1 Å². The molecule has 1 N–H and O–H groups in total. The molecule has 0 saturated carbocycles. The molecule has 1 aromatic heterocycles. The molecule has 0 fully saturated rings. The van der Waals surface area contributed by atoms with Crippen LogP contribution in [0.3, 0.4) is 0 Å². The summed E-state index contributed by atoms with van der Waals surface area (Å²) in [4.78, 5) is 4.12. The Morgan fingerprint density at radius 1 is 1.32 bits per heavy atom. The van der Waals surface area contributed by atoms with Gasteiger partial charge in [0.1, 0.15) is 5.75 Å². The van der Waals surface area contributed by atoms with Gasteiger partial charge in [-0.3, -0.25) is 4.98 Å². The minimum Gasteiger partial charge on any atom is -0.496 e. The largest absolute Gasteiger partial charge is 0.496 e. The molecule has 100 valence electrons. The Morgan fingerprint density at radius 3 is 2.84 bits per heavy atom. The van der Waals surface area contributed by atoms with Gasteiger partial charge in [0.2, 0.25) is 0 Å². The maximum absolute atomic E-state index is 6.21. The Morgan fingerprint density at radius 2 is 2.16 bits per heavy atom. The van der Waals surface area contributed by atoms with Gasteiger partial charge in [-0.25, -0.2) is 0 Å². The Labute approximate surface area is 118 Å². The van der Waals surface area contributed by atoms with Crippen LogP contribution < -0.4 is 10.1 Å². The summed E-state index contributed by atoms with van der Waals surface area (Å²) in [5, 5.41) is 4.14. The normalized spacial score (nSPS) is 12.2. The zero-order valence-corrected chi connectivity index (χ0v) is 11.8. The summed E-state index contributed by atoms with van der Waals surface area (Å²) in [5.74, 6) is 0.804. The van der Waals surface area contributed by atoms with Crippen LogP contribution in [0.5, 0.6) is 5.75 Å². The first-order valence-electron chi connectivity index (χ1n) is 6.17. The van der Waals surface area contributed by atoms with Gasteiger partial charge in [-0.05, 0) is 30.7 Å². The number of benzene rings is 1. The number of hydrogen-bond acceptors (Lipinski definition) is 3. The quantitative estimate of drug-likeness (QED) is 0.906. The summed E-state index contributed by atoms with van der Waals surface area (Å²) in [6.45, 7) is 2.75. The third kappa shape index (κ3) is 3.46. The molecule has 0 saturated heterocycles. The summed E-state index contributed by atoms with van der Waals surface area (Å²) >= 11 is 6.21. The van der Waals surface area contributed by atoms with Gasteiger partial charge in [0.15, 0.2) is 0 Å². The van der Waals surface area contributed by atoms with Crippen LogP contribution in [0.15, 0.2) is 42.7 Å². The van der Waals surface area contributed by atoms with Crippen molar-refractivity contribution in [3.8, 4) is 5.75 Å². The van der Waals surface area contributed by atoms with Crippen LogP contribution in [-0.2, 0) is 6.54 Å². The van der Waals surface area contributed by atoms with Gasteiger partial charge in [-0.1, -0.05) is 23.7 Å². The van der Waals surface area contributed by atoms with E-state index < -0.39 is 0 Å². The van der Waals surface area contributed by atoms with E-state index in [1.807, 2.05) is 30.5 Å². The fourth-order valence-electron chi connectivity index (χ4n) is 1.91. The first-order chi connectivity index (χ1) is 9.22. The van der Waals surface area contributed by atoms with Crippen molar-refractivity contribution in [2.45, 2.75) is 19.5 Å². The fourth-order valence-corrected chi connectivity index (χ4v) is 2.14. The predicted molar refractivity (Wildman–Crippen MR) is 77.5 cm³/mol. The van der Waals surface area contributed by atoms with Crippen molar-refractivity contribution >= 4 is 11.6 Å². The number of ether oxygens (including phenoxy) is 1. The number of methoxy groups -OCH3 is 1. The molecule has 0 amide bonds. The monoisotopic (exact) mass is 276 g/mol. The molecule has 0 radical (unpaired) electrons. The molecule has 1 atom stereocenters. The fraction of sp³-hybridized carbons (Fsp3) is 0.267. The maximum Gasteiger partial charge on any atom is 0.124 e. The Balaban J connectivity index is 2.07. The third-order valence-corrected chi connectivity index (χ3v) is 3.42. The van der Waals surface area contributed by atoms with Crippen molar-refractivity contribution in [3.63, 3.8) is 0 Å². The standard InChI is InChI=1S/C15H17ClN2O/c1-11(12-5-4-8-17-9-12)18-10-13-14(16)6-3-7-15(13)19-2/h3-9,11,18H,10H2,1-2H3/t11-/m1/s1. The van der Waals surface area contributed by atoms with Crippen LogP contribution >= 0.6 is 11.6 Å².